The van der Waals surface area contributed by atoms with Gasteiger partial charge in [0.15, 0.2) is 8.07 Å². The standard InChI is InChI=1S/C41H29N3Si/c1-3-15-31(16-4-1)45(32-17-5-2-6-18-32)39-25-13-11-23-37(39)44(38-24-12-14-26-40(38)45)41-28-27-30(29-42-41)43-35-21-9-7-19-33(35)34-20-8-10-22-36(34)43/h1-29H. The van der Waals surface area contributed by atoms with Crippen molar-refractivity contribution in [2.45, 2.75) is 0 Å². The average molecular weight is 592 g/mol. The summed E-state index contributed by atoms with van der Waals surface area (Å²) in [6.07, 6.45) is 2.02. The zero-order chi connectivity index (χ0) is 29.8. The van der Waals surface area contributed by atoms with Crippen molar-refractivity contribution in [2.75, 3.05) is 4.90 Å². The summed E-state index contributed by atoms with van der Waals surface area (Å²) in [5.41, 5.74) is 5.79. The maximum Gasteiger partial charge on any atom is 0.184 e. The second-order valence-electron chi connectivity index (χ2n) is 11.6. The minimum absolute atomic E-state index is 0.906. The van der Waals surface area contributed by atoms with Gasteiger partial charge in [0.1, 0.15) is 5.82 Å². The topological polar surface area (TPSA) is 21.1 Å². The van der Waals surface area contributed by atoms with Crippen LogP contribution in [0.15, 0.2) is 176 Å². The van der Waals surface area contributed by atoms with Crippen LogP contribution in [0.5, 0.6) is 0 Å². The summed E-state index contributed by atoms with van der Waals surface area (Å²) in [5.74, 6) is 0.906. The molecule has 6 aromatic carbocycles. The van der Waals surface area contributed by atoms with Gasteiger partial charge in [0.25, 0.3) is 0 Å². The Bertz CT molecular complexity index is 2180. The van der Waals surface area contributed by atoms with Crippen LogP contribution in [0.3, 0.4) is 0 Å². The zero-order valence-electron chi connectivity index (χ0n) is 24.6. The van der Waals surface area contributed by atoms with E-state index in [-0.39, 0.29) is 0 Å². The Kier molecular flexibility index (Phi) is 5.83. The predicted octanol–water partition coefficient (Wildman–Crippen LogP) is 7.34. The largest absolute Gasteiger partial charge is 0.308 e. The highest BCUT2D eigenvalue weighted by Gasteiger charge is 2.48. The van der Waals surface area contributed by atoms with Crippen molar-refractivity contribution in [3.63, 3.8) is 0 Å². The van der Waals surface area contributed by atoms with E-state index >= 15 is 0 Å². The molecular weight excluding hydrogens is 563 g/mol. The van der Waals surface area contributed by atoms with Crippen LogP contribution in [0.25, 0.3) is 27.5 Å². The van der Waals surface area contributed by atoms with Crippen LogP contribution in [0.1, 0.15) is 0 Å². The number of rotatable bonds is 4. The summed E-state index contributed by atoms with van der Waals surface area (Å²) < 4.78 is 2.32. The van der Waals surface area contributed by atoms with E-state index in [4.69, 9.17) is 4.98 Å². The Morgan fingerprint density at radius 3 is 1.40 bits per heavy atom. The van der Waals surface area contributed by atoms with Crippen LogP contribution in [0.4, 0.5) is 17.2 Å². The van der Waals surface area contributed by atoms with Gasteiger partial charge in [-0.15, -0.1) is 0 Å². The molecule has 0 spiro atoms. The van der Waals surface area contributed by atoms with Gasteiger partial charge in [0.05, 0.1) is 22.9 Å². The lowest BCUT2D eigenvalue weighted by atomic mass is 10.2. The molecule has 1 aliphatic heterocycles. The number of nitrogens with zero attached hydrogens (tertiary/aromatic N) is 3. The normalized spacial score (nSPS) is 13.5. The molecule has 0 atom stereocenters. The van der Waals surface area contributed by atoms with E-state index in [2.05, 4.69) is 179 Å². The van der Waals surface area contributed by atoms with Crippen molar-refractivity contribution in [2.24, 2.45) is 0 Å². The molecular formula is C41H29N3Si. The number of para-hydroxylation sites is 4. The first-order valence-corrected chi connectivity index (χ1v) is 17.4. The summed E-state index contributed by atoms with van der Waals surface area (Å²) in [6.45, 7) is 0. The van der Waals surface area contributed by atoms with E-state index < -0.39 is 8.07 Å². The van der Waals surface area contributed by atoms with Crippen LogP contribution < -0.4 is 25.6 Å². The third-order valence-corrected chi connectivity index (χ3v) is 14.2. The summed E-state index contributed by atoms with van der Waals surface area (Å²) >= 11 is 0. The number of hydrogen-bond donors (Lipinski definition) is 0. The van der Waals surface area contributed by atoms with Gasteiger partial charge >= 0.3 is 0 Å². The average Bonchev–Trinajstić information content (AvgIpc) is 3.46. The first-order valence-electron chi connectivity index (χ1n) is 15.4. The maximum atomic E-state index is 5.18. The minimum atomic E-state index is -2.64. The molecule has 0 unspecified atom stereocenters. The molecule has 0 aliphatic carbocycles. The summed E-state index contributed by atoms with van der Waals surface area (Å²) in [7, 11) is -2.64. The predicted molar refractivity (Wildman–Crippen MR) is 190 cm³/mol. The van der Waals surface area contributed by atoms with Gasteiger partial charge in [-0.05, 0) is 57.1 Å². The van der Waals surface area contributed by atoms with E-state index in [0.29, 0.717) is 0 Å². The number of aromatic nitrogens is 2. The molecule has 9 rings (SSSR count). The molecule has 212 valence electrons. The van der Waals surface area contributed by atoms with Crippen LogP contribution in [0, 0.1) is 0 Å². The highest BCUT2D eigenvalue weighted by Crippen LogP contribution is 2.38. The summed E-state index contributed by atoms with van der Waals surface area (Å²) in [5, 5.41) is 8.00. The van der Waals surface area contributed by atoms with Gasteiger partial charge < -0.3 is 4.57 Å². The zero-order valence-corrected chi connectivity index (χ0v) is 25.6. The highest BCUT2D eigenvalue weighted by atomic mass is 28.3. The number of pyridine rings is 1. The lowest BCUT2D eigenvalue weighted by Crippen LogP contribution is -2.77. The Labute approximate surface area is 263 Å². The maximum absolute atomic E-state index is 5.18. The van der Waals surface area contributed by atoms with Gasteiger partial charge in [-0.25, -0.2) is 4.98 Å². The SMILES string of the molecule is c1ccc([Si]2(c3ccccc3)c3ccccc3N(c3ccc(-n4c5ccccc5c5ccccc54)cn3)c3ccccc32)cc1. The molecule has 0 radical (unpaired) electrons. The lowest BCUT2D eigenvalue weighted by Gasteiger charge is -2.44. The van der Waals surface area contributed by atoms with Crippen LogP contribution in [-0.2, 0) is 0 Å². The van der Waals surface area contributed by atoms with E-state index in [1.165, 1.54) is 53.9 Å². The number of anilines is 3. The number of benzene rings is 6. The molecule has 0 N–H and O–H groups in total. The molecule has 3 nitrogen and oxygen atoms in total. The second-order valence-corrected chi connectivity index (χ2v) is 15.3. The Morgan fingerprint density at radius 2 is 0.889 bits per heavy atom. The molecule has 45 heavy (non-hydrogen) atoms. The molecule has 0 amide bonds. The fourth-order valence-corrected chi connectivity index (χ4v) is 12.6. The molecule has 1 aliphatic rings. The van der Waals surface area contributed by atoms with Crippen molar-refractivity contribution in [3.8, 4) is 5.69 Å². The minimum Gasteiger partial charge on any atom is -0.308 e. The van der Waals surface area contributed by atoms with Gasteiger partial charge in [0.2, 0.25) is 0 Å². The number of hydrogen-bond acceptors (Lipinski definition) is 2. The molecule has 8 aromatic rings. The van der Waals surface area contributed by atoms with E-state index in [9.17, 15) is 0 Å². The van der Waals surface area contributed by atoms with Crippen molar-refractivity contribution in [1.29, 1.82) is 0 Å². The van der Waals surface area contributed by atoms with Gasteiger partial charge in [0, 0.05) is 22.1 Å². The lowest BCUT2D eigenvalue weighted by molar-refractivity contribution is 1.11. The number of fused-ring (bicyclic) bond motifs is 5. The highest BCUT2D eigenvalue weighted by molar-refractivity contribution is 7.21. The van der Waals surface area contributed by atoms with Crippen molar-refractivity contribution in [1.82, 2.24) is 9.55 Å². The Morgan fingerprint density at radius 1 is 0.422 bits per heavy atom. The fraction of sp³-hybridized carbons (Fsp3) is 0. The van der Waals surface area contributed by atoms with Crippen molar-refractivity contribution < 1.29 is 0 Å². The van der Waals surface area contributed by atoms with Crippen LogP contribution in [-0.4, -0.2) is 17.6 Å². The summed E-state index contributed by atoms with van der Waals surface area (Å²) in [4.78, 5) is 7.54. The quantitative estimate of drug-likeness (QED) is 0.200. The molecule has 0 saturated carbocycles. The molecule has 4 heteroatoms. The van der Waals surface area contributed by atoms with Crippen molar-refractivity contribution in [3.05, 3.63) is 176 Å². The first kappa shape index (κ1) is 25.8. The third kappa shape index (κ3) is 3.73. The van der Waals surface area contributed by atoms with Crippen LogP contribution in [0.2, 0.25) is 0 Å². The van der Waals surface area contributed by atoms with Gasteiger partial charge in [-0.1, -0.05) is 133 Å². The Balaban J connectivity index is 1.27. The fourth-order valence-electron chi connectivity index (χ4n) is 7.50. The molecule has 0 bridgehead atoms. The van der Waals surface area contributed by atoms with E-state index in [1.807, 2.05) is 6.20 Å². The molecule has 2 aromatic heterocycles. The van der Waals surface area contributed by atoms with Gasteiger partial charge in [-0.2, -0.15) is 0 Å². The Hall–Kier alpha value is -5.71. The van der Waals surface area contributed by atoms with E-state index in [0.717, 1.165) is 11.5 Å². The molecule has 0 fully saturated rings. The summed E-state index contributed by atoms with van der Waals surface area (Å²) in [6, 6.07) is 61.8. The second kappa shape index (κ2) is 10.2. The molecule has 0 saturated heterocycles. The van der Waals surface area contributed by atoms with Crippen molar-refractivity contribution >= 4 is 67.8 Å². The van der Waals surface area contributed by atoms with E-state index in [1.54, 1.807) is 0 Å². The first-order chi connectivity index (χ1) is 22.4. The monoisotopic (exact) mass is 591 g/mol. The van der Waals surface area contributed by atoms with Gasteiger partial charge in [-0.3, -0.25) is 4.90 Å². The third-order valence-electron chi connectivity index (χ3n) is 9.31. The molecule has 3 heterocycles. The van der Waals surface area contributed by atoms with Crippen LogP contribution >= 0.6 is 0 Å². The smallest absolute Gasteiger partial charge is 0.184 e.